The van der Waals surface area contributed by atoms with Crippen molar-refractivity contribution in [1.29, 1.82) is 0 Å². The molecule has 0 aliphatic carbocycles. The van der Waals surface area contributed by atoms with Crippen LogP contribution in [0, 0.1) is 0 Å². The SMILES string of the molecule is COc1cccc2c1OC1(CCN(C(C)C)CC1)N1N=C(c3ccc(Cl)cc3)CC21. The average molecular weight is 426 g/mol. The molecule has 0 bridgehead atoms. The number of hydrogen-bond donors (Lipinski definition) is 0. The monoisotopic (exact) mass is 425 g/mol. The van der Waals surface area contributed by atoms with Gasteiger partial charge in [-0.15, -0.1) is 0 Å². The summed E-state index contributed by atoms with van der Waals surface area (Å²) < 4.78 is 12.4. The number of ether oxygens (including phenoxy) is 2. The van der Waals surface area contributed by atoms with Gasteiger partial charge in [-0.1, -0.05) is 35.9 Å². The van der Waals surface area contributed by atoms with Crippen LogP contribution in [0.25, 0.3) is 0 Å². The number of nitrogens with zero attached hydrogens (tertiary/aromatic N) is 3. The highest BCUT2D eigenvalue weighted by Gasteiger charge is 2.52. The Balaban J connectivity index is 1.56. The van der Waals surface area contributed by atoms with Crippen molar-refractivity contribution in [2.75, 3.05) is 20.2 Å². The van der Waals surface area contributed by atoms with E-state index in [9.17, 15) is 0 Å². The first-order valence-electron chi connectivity index (χ1n) is 10.7. The Morgan fingerprint density at radius 1 is 1.13 bits per heavy atom. The number of halogens is 1. The molecule has 0 saturated carbocycles. The number of likely N-dealkylation sites (tertiary alicyclic amines) is 1. The molecule has 2 aromatic rings. The van der Waals surface area contributed by atoms with E-state index in [2.05, 4.69) is 42.0 Å². The van der Waals surface area contributed by atoms with Crippen LogP contribution < -0.4 is 9.47 Å². The van der Waals surface area contributed by atoms with Gasteiger partial charge >= 0.3 is 0 Å². The normalized spacial score (nSPS) is 22.5. The molecule has 0 N–H and O–H groups in total. The minimum atomic E-state index is -0.439. The number of benzene rings is 2. The fourth-order valence-corrected chi connectivity index (χ4v) is 5.09. The first-order valence-corrected chi connectivity index (χ1v) is 11.1. The number of methoxy groups -OCH3 is 1. The summed E-state index contributed by atoms with van der Waals surface area (Å²) in [5, 5.41) is 8.12. The zero-order chi connectivity index (χ0) is 20.9. The number of fused-ring (bicyclic) bond motifs is 4. The Kier molecular flexibility index (Phi) is 4.91. The fraction of sp³-hybridized carbons (Fsp3) is 0.458. The highest BCUT2D eigenvalue weighted by Crippen LogP contribution is 2.52. The van der Waals surface area contributed by atoms with Crippen molar-refractivity contribution in [3.05, 3.63) is 58.6 Å². The first kappa shape index (κ1) is 19.7. The van der Waals surface area contributed by atoms with Gasteiger partial charge in [-0.2, -0.15) is 5.10 Å². The van der Waals surface area contributed by atoms with Gasteiger partial charge in [-0.3, -0.25) is 0 Å². The third kappa shape index (κ3) is 3.15. The molecule has 3 heterocycles. The van der Waals surface area contributed by atoms with Crippen LogP contribution in [0.5, 0.6) is 11.5 Å². The van der Waals surface area contributed by atoms with Gasteiger partial charge in [0.1, 0.15) is 0 Å². The highest BCUT2D eigenvalue weighted by atomic mass is 35.5. The molecule has 6 heteroatoms. The van der Waals surface area contributed by atoms with Crippen LogP contribution in [0.4, 0.5) is 0 Å². The Morgan fingerprint density at radius 2 is 1.87 bits per heavy atom. The van der Waals surface area contributed by atoms with E-state index in [0.717, 1.165) is 65.7 Å². The van der Waals surface area contributed by atoms with E-state index >= 15 is 0 Å². The molecular weight excluding hydrogens is 398 g/mol. The topological polar surface area (TPSA) is 37.3 Å². The van der Waals surface area contributed by atoms with E-state index in [1.165, 1.54) is 0 Å². The summed E-state index contributed by atoms with van der Waals surface area (Å²) in [6, 6.07) is 14.8. The molecule has 158 valence electrons. The largest absolute Gasteiger partial charge is 0.493 e. The number of hydrogen-bond acceptors (Lipinski definition) is 5. The van der Waals surface area contributed by atoms with Gasteiger partial charge < -0.3 is 14.4 Å². The summed E-state index contributed by atoms with van der Waals surface area (Å²) in [7, 11) is 1.71. The Hall–Kier alpha value is -2.24. The Bertz CT molecular complexity index is 965. The van der Waals surface area contributed by atoms with Gasteiger partial charge in [-0.05, 0) is 37.6 Å². The summed E-state index contributed by atoms with van der Waals surface area (Å²) in [6.07, 6.45) is 2.67. The smallest absolute Gasteiger partial charge is 0.200 e. The molecule has 3 aliphatic heterocycles. The number of piperidine rings is 1. The molecule has 30 heavy (non-hydrogen) atoms. The molecule has 3 aliphatic rings. The van der Waals surface area contributed by atoms with Crippen LogP contribution in [-0.2, 0) is 0 Å². The van der Waals surface area contributed by atoms with Crippen LogP contribution >= 0.6 is 11.6 Å². The molecular formula is C24H28ClN3O2. The summed E-state index contributed by atoms with van der Waals surface area (Å²) in [5.74, 6) is 1.68. The zero-order valence-electron chi connectivity index (χ0n) is 17.8. The zero-order valence-corrected chi connectivity index (χ0v) is 18.5. The van der Waals surface area contributed by atoms with Crippen molar-refractivity contribution in [3.63, 3.8) is 0 Å². The predicted octanol–water partition coefficient (Wildman–Crippen LogP) is 5.09. The Labute approximate surface area is 183 Å². The molecule has 0 radical (unpaired) electrons. The van der Waals surface area contributed by atoms with E-state index in [-0.39, 0.29) is 6.04 Å². The summed E-state index contributed by atoms with van der Waals surface area (Å²) in [6.45, 7) is 6.51. The van der Waals surface area contributed by atoms with Gasteiger partial charge in [-0.25, -0.2) is 5.01 Å². The molecule has 5 nitrogen and oxygen atoms in total. The van der Waals surface area contributed by atoms with Gasteiger partial charge in [0.15, 0.2) is 11.5 Å². The lowest BCUT2D eigenvalue weighted by Gasteiger charge is -2.51. The van der Waals surface area contributed by atoms with Crippen LogP contribution in [0.2, 0.25) is 5.02 Å². The van der Waals surface area contributed by atoms with E-state index in [0.29, 0.717) is 6.04 Å². The lowest BCUT2D eigenvalue weighted by atomic mass is 9.90. The molecule has 0 aromatic heterocycles. The Morgan fingerprint density at radius 3 is 2.53 bits per heavy atom. The second kappa shape index (κ2) is 7.47. The quantitative estimate of drug-likeness (QED) is 0.686. The fourth-order valence-electron chi connectivity index (χ4n) is 4.97. The van der Waals surface area contributed by atoms with Gasteiger partial charge in [0.25, 0.3) is 0 Å². The van der Waals surface area contributed by atoms with E-state index in [4.69, 9.17) is 26.2 Å². The average Bonchev–Trinajstić information content (AvgIpc) is 3.21. The van der Waals surface area contributed by atoms with Crippen molar-refractivity contribution in [2.45, 2.75) is 50.9 Å². The lowest BCUT2D eigenvalue weighted by molar-refractivity contribution is -0.153. The maximum absolute atomic E-state index is 6.77. The predicted molar refractivity (Wildman–Crippen MR) is 119 cm³/mol. The van der Waals surface area contributed by atoms with Gasteiger partial charge in [0.05, 0.1) is 18.9 Å². The van der Waals surface area contributed by atoms with Crippen LogP contribution in [0.3, 0.4) is 0 Å². The number of hydrazone groups is 1. The van der Waals surface area contributed by atoms with E-state index in [1.54, 1.807) is 7.11 Å². The first-order chi connectivity index (χ1) is 14.5. The van der Waals surface area contributed by atoms with Crippen molar-refractivity contribution in [1.82, 2.24) is 9.91 Å². The molecule has 1 unspecified atom stereocenters. The van der Waals surface area contributed by atoms with Crippen molar-refractivity contribution >= 4 is 17.3 Å². The van der Waals surface area contributed by atoms with Gasteiger partial charge in [0, 0.05) is 49.0 Å². The third-order valence-corrected chi connectivity index (χ3v) is 6.95. The van der Waals surface area contributed by atoms with Crippen molar-refractivity contribution in [3.8, 4) is 11.5 Å². The third-order valence-electron chi connectivity index (χ3n) is 6.70. The maximum atomic E-state index is 6.77. The standard InChI is InChI=1S/C24H28ClN3O2/c1-16(2)27-13-11-24(12-14-27)28-21(19-5-4-6-22(29-3)23(19)30-24)15-20(26-28)17-7-9-18(25)10-8-17/h4-10,16,21H,11-15H2,1-3H3. The van der Waals surface area contributed by atoms with E-state index < -0.39 is 5.72 Å². The summed E-state index contributed by atoms with van der Waals surface area (Å²) in [4.78, 5) is 2.52. The molecule has 2 aromatic carbocycles. The number of rotatable bonds is 3. The molecule has 1 fully saturated rings. The summed E-state index contributed by atoms with van der Waals surface area (Å²) >= 11 is 6.11. The van der Waals surface area contributed by atoms with Crippen LogP contribution in [0.15, 0.2) is 47.6 Å². The van der Waals surface area contributed by atoms with Crippen LogP contribution in [0.1, 0.15) is 50.3 Å². The minimum Gasteiger partial charge on any atom is -0.493 e. The second-order valence-corrected chi connectivity index (χ2v) is 9.11. The van der Waals surface area contributed by atoms with Gasteiger partial charge in [0.2, 0.25) is 5.72 Å². The van der Waals surface area contributed by atoms with Crippen molar-refractivity contribution in [2.24, 2.45) is 5.10 Å². The summed E-state index contributed by atoms with van der Waals surface area (Å²) in [5.41, 5.74) is 2.92. The maximum Gasteiger partial charge on any atom is 0.200 e. The van der Waals surface area contributed by atoms with Crippen molar-refractivity contribution < 1.29 is 9.47 Å². The minimum absolute atomic E-state index is 0.153. The van der Waals surface area contributed by atoms with E-state index in [1.807, 2.05) is 24.3 Å². The number of para-hydroxylation sites is 1. The highest BCUT2D eigenvalue weighted by molar-refractivity contribution is 6.30. The molecule has 1 atom stereocenters. The van der Waals surface area contributed by atoms with Crippen LogP contribution in [-0.4, -0.2) is 47.6 Å². The molecule has 1 spiro atoms. The second-order valence-electron chi connectivity index (χ2n) is 8.67. The molecule has 1 saturated heterocycles. The lowest BCUT2D eigenvalue weighted by Crippen LogP contribution is -2.59. The molecule has 5 rings (SSSR count). The molecule has 0 amide bonds.